The first-order valence-electron chi connectivity index (χ1n) is 7.34. The zero-order valence-corrected chi connectivity index (χ0v) is 12.7. The standard InChI is InChI=1S/C18H19F3O/c1-3-12(2)10-13-4-7-15(8-5-13)22-17-9-6-14(19)11-16(17)18(20)21/h4-9,11-12,18H,3,10H2,1-2H3. The van der Waals surface area contributed by atoms with E-state index < -0.39 is 17.8 Å². The number of ether oxygens (including phenoxy) is 1. The quantitative estimate of drug-likeness (QED) is 0.622. The van der Waals surface area contributed by atoms with Crippen molar-refractivity contribution in [2.75, 3.05) is 0 Å². The van der Waals surface area contributed by atoms with Crippen molar-refractivity contribution in [3.63, 3.8) is 0 Å². The number of alkyl halides is 2. The predicted octanol–water partition coefficient (Wildman–Crippen LogP) is 6.14. The van der Waals surface area contributed by atoms with Gasteiger partial charge in [0, 0.05) is 0 Å². The molecule has 0 aliphatic rings. The molecule has 0 spiro atoms. The first-order chi connectivity index (χ1) is 10.5. The molecule has 1 nitrogen and oxygen atoms in total. The maximum absolute atomic E-state index is 13.1. The summed E-state index contributed by atoms with van der Waals surface area (Å²) < 4.78 is 44.4. The highest BCUT2D eigenvalue weighted by molar-refractivity contribution is 5.39. The lowest BCUT2D eigenvalue weighted by atomic mass is 9.99. The lowest BCUT2D eigenvalue weighted by Crippen LogP contribution is -1.98. The fraction of sp³-hybridized carbons (Fsp3) is 0.333. The highest BCUT2D eigenvalue weighted by Gasteiger charge is 2.16. The Morgan fingerprint density at radius 1 is 1.05 bits per heavy atom. The Balaban J connectivity index is 2.14. The summed E-state index contributed by atoms with van der Waals surface area (Å²) in [5.74, 6) is 0.327. The van der Waals surface area contributed by atoms with E-state index in [0.717, 1.165) is 25.0 Å². The Bertz CT molecular complexity index is 608. The van der Waals surface area contributed by atoms with Gasteiger partial charge in [-0.3, -0.25) is 0 Å². The minimum absolute atomic E-state index is 0.0222. The summed E-state index contributed by atoms with van der Waals surface area (Å²) in [6, 6.07) is 10.5. The fourth-order valence-electron chi connectivity index (χ4n) is 2.15. The second kappa shape index (κ2) is 7.34. The van der Waals surface area contributed by atoms with Crippen LogP contribution in [0.25, 0.3) is 0 Å². The Morgan fingerprint density at radius 3 is 2.32 bits per heavy atom. The fourth-order valence-corrected chi connectivity index (χ4v) is 2.15. The number of rotatable bonds is 6. The van der Waals surface area contributed by atoms with Crippen molar-refractivity contribution in [3.8, 4) is 11.5 Å². The van der Waals surface area contributed by atoms with Gasteiger partial charge in [-0.05, 0) is 48.2 Å². The highest BCUT2D eigenvalue weighted by Crippen LogP contribution is 2.33. The number of halogens is 3. The second-order valence-corrected chi connectivity index (χ2v) is 5.45. The zero-order valence-electron chi connectivity index (χ0n) is 12.7. The molecule has 118 valence electrons. The van der Waals surface area contributed by atoms with Crippen LogP contribution < -0.4 is 4.74 Å². The molecule has 22 heavy (non-hydrogen) atoms. The third-order valence-corrected chi connectivity index (χ3v) is 3.64. The highest BCUT2D eigenvalue weighted by atomic mass is 19.3. The van der Waals surface area contributed by atoms with Crippen molar-refractivity contribution < 1.29 is 17.9 Å². The van der Waals surface area contributed by atoms with Gasteiger partial charge in [0.1, 0.15) is 17.3 Å². The third-order valence-electron chi connectivity index (χ3n) is 3.64. The summed E-state index contributed by atoms with van der Waals surface area (Å²) in [6.45, 7) is 4.32. The molecule has 2 aromatic rings. The largest absolute Gasteiger partial charge is 0.457 e. The zero-order chi connectivity index (χ0) is 16.1. The van der Waals surface area contributed by atoms with Crippen LogP contribution in [0.4, 0.5) is 13.2 Å². The topological polar surface area (TPSA) is 9.23 Å². The molecule has 0 radical (unpaired) electrons. The van der Waals surface area contributed by atoms with Crippen molar-refractivity contribution >= 4 is 0 Å². The normalized spacial score (nSPS) is 12.5. The molecular formula is C18H19F3O. The van der Waals surface area contributed by atoms with Crippen LogP contribution in [0.3, 0.4) is 0 Å². The lowest BCUT2D eigenvalue weighted by molar-refractivity contribution is 0.147. The molecule has 0 fully saturated rings. The third kappa shape index (κ3) is 4.26. The van der Waals surface area contributed by atoms with Crippen LogP contribution in [-0.2, 0) is 6.42 Å². The molecule has 0 N–H and O–H groups in total. The molecule has 2 rings (SSSR count). The van der Waals surface area contributed by atoms with Crippen molar-refractivity contribution in [3.05, 3.63) is 59.4 Å². The van der Waals surface area contributed by atoms with Gasteiger partial charge >= 0.3 is 0 Å². The molecule has 0 saturated carbocycles. The summed E-state index contributed by atoms with van der Waals surface area (Å²) in [6.07, 6.45) is -0.711. The molecule has 0 saturated heterocycles. The van der Waals surface area contributed by atoms with Crippen LogP contribution in [0.15, 0.2) is 42.5 Å². The average molecular weight is 308 g/mol. The van der Waals surface area contributed by atoms with Crippen LogP contribution >= 0.6 is 0 Å². The monoisotopic (exact) mass is 308 g/mol. The van der Waals surface area contributed by atoms with Crippen LogP contribution in [-0.4, -0.2) is 0 Å². The summed E-state index contributed by atoms with van der Waals surface area (Å²) in [5.41, 5.74) is 0.735. The number of hydrogen-bond acceptors (Lipinski definition) is 1. The van der Waals surface area contributed by atoms with Gasteiger partial charge in [0.15, 0.2) is 0 Å². The van der Waals surface area contributed by atoms with Crippen LogP contribution in [0.1, 0.15) is 37.8 Å². The van der Waals surface area contributed by atoms with Crippen LogP contribution in [0.2, 0.25) is 0 Å². The predicted molar refractivity (Wildman–Crippen MR) is 81.0 cm³/mol. The maximum Gasteiger partial charge on any atom is 0.267 e. The number of benzene rings is 2. The minimum Gasteiger partial charge on any atom is -0.457 e. The molecule has 0 heterocycles. The van der Waals surface area contributed by atoms with E-state index in [-0.39, 0.29) is 5.75 Å². The van der Waals surface area contributed by atoms with E-state index in [1.54, 1.807) is 12.1 Å². The van der Waals surface area contributed by atoms with Crippen LogP contribution in [0, 0.1) is 11.7 Å². The Labute approximate surface area is 128 Å². The van der Waals surface area contributed by atoms with E-state index in [4.69, 9.17) is 4.74 Å². The molecule has 0 aromatic heterocycles. The summed E-state index contributed by atoms with van der Waals surface area (Å²) in [4.78, 5) is 0. The second-order valence-electron chi connectivity index (χ2n) is 5.45. The van der Waals surface area contributed by atoms with Crippen molar-refractivity contribution in [2.24, 2.45) is 5.92 Å². The average Bonchev–Trinajstić information content (AvgIpc) is 2.50. The number of hydrogen-bond donors (Lipinski definition) is 0. The molecule has 4 heteroatoms. The SMILES string of the molecule is CCC(C)Cc1ccc(Oc2ccc(F)cc2C(F)F)cc1. The van der Waals surface area contributed by atoms with Gasteiger partial charge in [-0.2, -0.15) is 0 Å². The van der Waals surface area contributed by atoms with Gasteiger partial charge in [0.2, 0.25) is 0 Å². The van der Waals surface area contributed by atoms with Crippen molar-refractivity contribution in [1.29, 1.82) is 0 Å². The van der Waals surface area contributed by atoms with Gasteiger partial charge in [-0.1, -0.05) is 32.4 Å². The van der Waals surface area contributed by atoms with E-state index in [1.165, 1.54) is 11.6 Å². The van der Waals surface area contributed by atoms with E-state index in [2.05, 4.69) is 13.8 Å². The first-order valence-corrected chi connectivity index (χ1v) is 7.34. The molecule has 1 unspecified atom stereocenters. The molecule has 2 aromatic carbocycles. The Hall–Kier alpha value is -1.97. The van der Waals surface area contributed by atoms with Gasteiger partial charge in [0.05, 0.1) is 5.56 Å². The summed E-state index contributed by atoms with van der Waals surface area (Å²) in [7, 11) is 0. The van der Waals surface area contributed by atoms with Crippen LogP contribution in [0.5, 0.6) is 11.5 Å². The van der Waals surface area contributed by atoms with Gasteiger partial charge in [-0.15, -0.1) is 0 Å². The van der Waals surface area contributed by atoms with E-state index in [0.29, 0.717) is 11.7 Å². The van der Waals surface area contributed by atoms with Gasteiger partial charge in [-0.25, -0.2) is 13.2 Å². The van der Waals surface area contributed by atoms with Crippen molar-refractivity contribution in [2.45, 2.75) is 33.1 Å². The van der Waals surface area contributed by atoms with Gasteiger partial charge < -0.3 is 4.74 Å². The van der Waals surface area contributed by atoms with E-state index in [9.17, 15) is 13.2 Å². The molecular weight excluding hydrogens is 289 g/mol. The Morgan fingerprint density at radius 2 is 1.73 bits per heavy atom. The maximum atomic E-state index is 13.1. The molecule has 0 aliphatic heterocycles. The molecule has 0 bridgehead atoms. The summed E-state index contributed by atoms with van der Waals surface area (Å²) in [5, 5.41) is 0. The summed E-state index contributed by atoms with van der Waals surface area (Å²) >= 11 is 0. The van der Waals surface area contributed by atoms with E-state index in [1.807, 2.05) is 12.1 Å². The molecule has 1 atom stereocenters. The van der Waals surface area contributed by atoms with Gasteiger partial charge in [0.25, 0.3) is 6.43 Å². The minimum atomic E-state index is -2.78. The van der Waals surface area contributed by atoms with E-state index >= 15 is 0 Å². The van der Waals surface area contributed by atoms with Crippen molar-refractivity contribution in [1.82, 2.24) is 0 Å². The molecule has 0 amide bonds. The first kappa shape index (κ1) is 16.4. The smallest absolute Gasteiger partial charge is 0.267 e. The lowest BCUT2D eigenvalue weighted by Gasteiger charge is -2.12. The molecule has 0 aliphatic carbocycles. The Kier molecular flexibility index (Phi) is 5.47.